The van der Waals surface area contributed by atoms with E-state index >= 15 is 0 Å². The van der Waals surface area contributed by atoms with Gasteiger partial charge in [-0.2, -0.15) is 0 Å². The summed E-state index contributed by atoms with van der Waals surface area (Å²) in [6.07, 6.45) is 1.72. The van der Waals surface area contributed by atoms with Crippen molar-refractivity contribution in [1.29, 1.82) is 0 Å². The van der Waals surface area contributed by atoms with Gasteiger partial charge in [0, 0.05) is 12.1 Å². The minimum Gasteiger partial charge on any atom is -0.490 e. The zero-order valence-corrected chi connectivity index (χ0v) is 11.2. The van der Waals surface area contributed by atoms with Crippen LogP contribution < -0.4 is 10.5 Å². The molecule has 0 amide bonds. The third-order valence-electron chi connectivity index (χ3n) is 2.81. The molecule has 0 aliphatic rings. The van der Waals surface area contributed by atoms with Crippen molar-refractivity contribution in [3.63, 3.8) is 0 Å². The summed E-state index contributed by atoms with van der Waals surface area (Å²) in [6.45, 7) is 2.19. The number of methoxy groups -OCH3 is 1. The first-order valence-electron chi connectivity index (χ1n) is 5.98. The van der Waals surface area contributed by atoms with Crippen molar-refractivity contribution in [2.75, 3.05) is 7.11 Å². The Bertz CT molecular complexity index is 623. The average Bonchev–Trinajstić information content (AvgIpc) is 2.87. The van der Waals surface area contributed by atoms with Gasteiger partial charge in [0.15, 0.2) is 5.75 Å². The van der Waals surface area contributed by atoms with Gasteiger partial charge in [-0.15, -0.1) is 5.10 Å². The van der Waals surface area contributed by atoms with Gasteiger partial charge in [0.05, 0.1) is 30.5 Å². The standard InChI is InChI=1S/C12H15N5O3/c1-8(13)10-7-16(15-14-10)6-9-3-4-12(20-2)11(5-9)17(18)19/h3-5,7-8H,6,13H2,1-2H3. The first-order chi connectivity index (χ1) is 9.51. The molecule has 1 atom stereocenters. The number of ether oxygens (including phenoxy) is 1. The first kappa shape index (κ1) is 13.9. The predicted octanol–water partition coefficient (Wildman–Crippen LogP) is 1.26. The Labute approximate surface area is 115 Å². The van der Waals surface area contributed by atoms with E-state index in [4.69, 9.17) is 10.5 Å². The smallest absolute Gasteiger partial charge is 0.311 e. The summed E-state index contributed by atoms with van der Waals surface area (Å²) in [7, 11) is 1.40. The van der Waals surface area contributed by atoms with Gasteiger partial charge in [0.2, 0.25) is 0 Å². The highest BCUT2D eigenvalue weighted by Gasteiger charge is 2.15. The van der Waals surface area contributed by atoms with Gasteiger partial charge >= 0.3 is 5.69 Å². The lowest BCUT2D eigenvalue weighted by atomic mass is 10.2. The maximum Gasteiger partial charge on any atom is 0.311 e. The molecule has 0 bridgehead atoms. The highest BCUT2D eigenvalue weighted by atomic mass is 16.6. The van der Waals surface area contributed by atoms with Crippen molar-refractivity contribution in [1.82, 2.24) is 15.0 Å². The van der Waals surface area contributed by atoms with Crippen molar-refractivity contribution < 1.29 is 9.66 Å². The van der Waals surface area contributed by atoms with Crippen LogP contribution >= 0.6 is 0 Å². The summed E-state index contributed by atoms with van der Waals surface area (Å²) in [5, 5.41) is 18.8. The highest BCUT2D eigenvalue weighted by molar-refractivity contribution is 5.48. The molecular weight excluding hydrogens is 262 g/mol. The van der Waals surface area contributed by atoms with E-state index in [1.54, 1.807) is 23.0 Å². The quantitative estimate of drug-likeness (QED) is 0.651. The SMILES string of the molecule is COc1ccc(Cn2cc(C(C)N)nn2)cc1[N+](=O)[O-]. The Morgan fingerprint density at radius 1 is 1.55 bits per heavy atom. The highest BCUT2D eigenvalue weighted by Crippen LogP contribution is 2.27. The predicted molar refractivity (Wildman–Crippen MR) is 71.4 cm³/mol. The van der Waals surface area contributed by atoms with E-state index in [1.165, 1.54) is 13.2 Å². The molecule has 0 saturated carbocycles. The molecule has 0 fully saturated rings. The monoisotopic (exact) mass is 277 g/mol. The number of hydrogen-bond donors (Lipinski definition) is 1. The summed E-state index contributed by atoms with van der Waals surface area (Å²) in [5.41, 5.74) is 7.04. The average molecular weight is 277 g/mol. The first-order valence-corrected chi connectivity index (χ1v) is 5.98. The van der Waals surface area contributed by atoms with E-state index in [0.29, 0.717) is 12.2 Å². The van der Waals surface area contributed by atoms with Gasteiger partial charge in [0.1, 0.15) is 0 Å². The van der Waals surface area contributed by atoms with Crippen molar-refractivity contribution in [3.8, 4) is 5.75 Å². The van der Waals surface area contributed by atoms with Crippen LogP contribution in [0.1, 0.15) is 24.2 Å². The largest absolute Gasteiger partial charge is 0.490 e. The summed E-state index contributed by atoms with van der Waals surface area (Å²) in [5.74, 6) is 0.230. The van der Waals surface area contributed by atoms with E-state index in [1.807, 2.05) is 6.92 Å². The molecule has 106 valence electrons. The molecule has 0 spiro atoms. The lowest BCUT2D eigenvalue weighted by molar-refractivity contribution is -0.385. The van der Waals surface area contributed by atoms with Crippen LogP contribution in [0.3, 0.4) is 0 Å². The third kappa shape index (κ3) is 2.91. The van der Waals surface area contributed by atoms with Gasteiger partial charge in [-0.25, -0.2) is 4.68 Å². The van der Waals surface area contributed by atoms with Crippen molar-refractivity contribution in [3.05, 3.63) is 45.8 Å². The van der Waals surface area contributed by atoms with Gasteiger partial charge < -0.3 is 10.5 Å². The van der Waals surface area contributed by atoms with Gasteiger partial charge in [-0.1, -0.05) is 11.3 Å². The van der Waals surface area contributed by atoms with Crippen LogP contribution in [-0.4, -0.2) is 27.0 Å². The third-order valence-corrected chi connectivity index (χ3v) is 2.81. The Balaban J connectivity index is 2.24. The van der Waals surface area contributed by atoms with Crippen LogP contribution in [0.25, 0.3) is 0 Å². The van der Waals surface area contributed by atoms with E-state index in [0.717, 1.165) is 5.56 Å². The Hall–Kier alpha value is -2.48. The molecule has 8 nitrogen and oxygen atoms in total. The summed E-state index contributed by atoms with van der Waals surface area (Å²) < 4.78 is 6.54. The molecule has 1 aromatic heterocycles. The summed E-state index contributed by atoms with van der Waals surface area (Å²) in [4.78, 5) is 10.5. The van der Waals surface area contributed by atoms with Crippen molar-refractivity contribution in [2.24, 2.45) is 5.73 Å². The number of nitro groups is 1. The molecular formula is C12H15N5O3. The lowest BCUT2D eigenvalue weighted by Crippen LogP contribution is -2.05. The van der Waals surface area contributed by atoms with Crippen LogP contribution in [-0.2, 0) is 6.54 Å². The molecule has 0 aliphatic carbocycles. The van der Waals surface area contributed by atoms with Crippen LogP contribution in [0.4, 0.5) is 5.69 Å². The molecule has 2 rings (SSSR count). The fourth-order valence-electron chi connectivity index (χ4n) is 1.76. The van der Waals surface area contributed by atoms with Crippen molar-refractivity contribution in [2.45, 2.75) is 19.5 Å². The number of benzene rings is 1. The summed E-state index contributed by atoms with van der Waals surface area (Å²) in [6, 6.07) is 4.58. The maximum absolute atomic E-state index is 11.0. The number of nitro benzene ring substituents is 1. The molecule has 2 N–H and O–H groups in total. The lowest BCUT2D eigenvalue weighted by Gasteiger charge is -2.05. The molecule has 0 radical (unpaired) electrons. The Kier molecular flexibility index (Phi) is 3.94. The van der Waals surface area contributed by atoms with E-state index < -0.39 is 4.92 Å². The zero-order valence-electron chi connectivity index (χ0n) is 11.2. The number of nitrogens with two attached hydrogens (primary N) is 1. The summed E-state index contributed by atoms with van der Waals surface area (Å²) >= 11 is 0. The molecule has 8 heteroatoms. The molecule has 1 heterocycles. The second kappa shape index (κ2) is 5.66. The second-order valence-corrected chi connectivity index (χ2v) is 4.39. The topological polar surface area (TPSA) is 109 Å². The number of aromatic nitrogens is 3. The van der Waals surface area contributed by atoms with E-state index in [-0.39, 0.29) is 17.5 Å². The van der Waals surface area contributed by atoms with Crippen LogP contribution in [0, 0.1) is 10.1 Å². The molecule has 2 aromatic rings. The molecule has 1 aromatic carbocycles. The molecule has 20 heavy (non-hydrogen) atoms. The molecule has 0 aliphatic heterocycles. The molecule has 1 unspecified atom stereocenters. The second-order valence-electron chi connectivity index (χ2n) is 4.39. The van der Waals surface area contributed by atoms with Crippen molar-refractivity contribution >= 4 is 5.69 Å². The van der Waals surface area contributed by atoms with Gasteiger partial charge in [-0.3, -0.25) is 10.1 Å². The van der Waals surface area contributed by atoms with E-state index in [9.17, 15) is 10.1 Å². The van der Waals surface area contributed by atoms with E-state index in [2.05, 4.69) is 10.3 Å². The minimum atomic E-state index is -0.475. The Morgan fingerprint density at radius 2 is 2.30 bits per heavy atom. The minimum absolute atomic E-state index is 0.0717. The normalized spacial score (nSPS) is 12.2. The fraction of sp³-hybridized carbons (Fsp3) is 0.333. The Morgan fingerprint density at radius 3 is 2.85 bits per heavy atom. The van der Waals surface area contributed by atoms with Gasteiger partial charge in [-0.05, 0) is 18.6 Å². The van der Waals surface area contributed by atoms with Gasteiger partial charge in [0.25, 0.3) is 0 Å². The van der Waals surface area contributed by atoms with Crippen LogP contribution in [0.2, 0.25) is 0 Å². The number of nitrogens with zero attached hydrogens (tertiary/aromatic N) is 4. The fourth-order valence-corrected chi connectivity index (χ4v) is 1.76. The van der Waals surface area contributed by atoms with Crippen LogP contribution in [0.15, 0.2) is 24.4 Å². The zero-order chi connectivity index (χ0) is 14.7. The number of hydrogen-bond acceptors (Lipinski definition) is 6. The number of rotatable bonds is 5. The van der Waals surface area contributed by atoms with Crippen LogP contribution in [0.5, 0.6) is 5.75 Å². The molecule has 0 saturated heterocycles. The maximum atomic E-state index is 11.0.